The Hall–Kier alpha value is -2.25. The number of ether oxygens (including phenoxy) is 2. The Morgan fingerprint density at radius 3 is 1.66 bits per heavy atom. The molecule has 1 atom stereocenters. The van der Waals surface area contributed by atoms with E-state index >= 15 is 0 Å². The van der Waals surface area contributed by atoms with E-state index in [-0.39, 0.29) is 19.4 Å². The summed E-state index contributed by atoms with van der Waals surface area (Å²) < 4.78 is 26.2. The number of unbranched alkanes of at least 4 members (excludes halogenated alkanes) is 9. The fourth-order valence-corrected chi connectivity index (χ4v) is 4.43. The number of hydrogen-bond donors (Lipinski definition) is 2. The number of rotatable bonds is 29. The summed E-state index contributed by atoms with van der Waals surface area (Å²) in [5.41, 5.74) is 0. The van der Waals surface area contributed by atoms with Crippen molar-refractivity contribution in [3.8, 4) is 0 Å². The minimum atomic E-state index is -4.76. The monoisotopic (exact) mass is 638 g/mol. The highest BCUT2D eigenvalue weighted by atomic mass is 31.2. The van der Waals surface area contributed by atoms with Crippen LogP contribution in [0.1, 0.15) is 129 Å². The molecule has 0 aromatic rings. The minimum Gasteiger partial charge on any atom is -0.462 e. The molecule has 0 bridgehead atoms. The minimum absolute atomic E-state index is 0.171. The van der Waals surface area contributed by atoms with Crippen molar-refractivity contribution >= 4 is 19.8 Å². The van der Waals surface area contributed by atoms with Gasteiger partial charge < -0.3 is 19.3 Å². The molecule has 0 heterocycles. The van der Waals surface area contributed by atoms with Crippen LogP contribution in [0.15, 0.2) is 60.8 Å². The number of carbonyl (C=O) groups is 2. The molecule has 0 aliphatic heterocycles. The van der Waals surface area contributed by atoms with Crippen molar-refractivity contribution in [2.45, 2.75) is 136 Å². The molecule has 44 heavy (non-hydrogen) atoms. The average Bonchev–Trinajstić information content (AvgIpc) is 2.98. The van der Waals surface area contributed by atoms with Gasteiger partial charge in [0, 0.05) is 12.8 Å². The number of allylic oxidation sites excluding steroid dienone is 10. The molecule has 1 unspecified atom stereocenters. The lowest BCUT2D eigenvalue weighted by molar-refractivity contribution is -0.161. The fraction of sp³-hybridized carbons (Fsp3) is 0.657. The maximum absolute atomic E-state index is 12.3. The van der Waals surface area contributed by atoms with E-state index in [2.05, 4.69) is 79.1 Å². The van der Waals surface area contributed by atoms with Gasteiger partial charge in [0.2, 0.25) is 0 Å². The Balaban J connectivity index is 4.12. The van der Waals surface area contributed by atoms with E-state index in [1.54, 1.807) is 0 Å². The van der Waals surface area contributed by atoms with Crippen LogP contribution in [0.4, 0.5) is 0 Å². The van der Waals surface area contributed by atoms with Gasteiger partial charge in [-0.1, -0.05) is 107 Å². The van der Waals surface area contributed by atoms with Gasteiger partial charge in [-0.25, -0.2) is 4.57 Å². The van der Waals surface area contributed by atoms with Crippen molar-refractivity contribution in [3.63, 3.8) is 0 Å². The maximum Gasteiger partial charge on any atom is 0.469 e. The molecule has 0 saturated carbocycles. The molecule has 252 valence electrons. The first-order valence-electron chi connectivity index (χ1n) is 16.6. The molecule has 0 aliphatic rings. The predicted molar refractivity (Wildman–Crippen MR) is 179 cm³/mol. The van der Waals surface area contributed by atoms with E-state index in [1.807, 2.05) is 0 Å². The van der Waals surface area contributed by atoms with Crippen LogP contribution in [0.2, 0.25) is 0 Å². The molecule has 0 amide bonds. The van der Waals surface area contributed by atoms with E-state index in [9.17, 15) is 14.2 Å². The van der Waals surface area contributed by atoms with Crippen molar-refractivity contribution in [1.82, 2.24) is 0 Å². The van der Waals surface area contributed by atoms with Crippen LogP contribution in [0.5, 0.6) is 0 Å². The highest BCUT2D eigenvalue weighted by Gasteiger charge is 2.22. The number of phosphoric acid groups is 1. The predicted octanol–water partition coefficient (Wildman–Crippen LogP) is 9.39. The molecule has 2 N–H and O–H groups in total. The van der Waals surface area contributed by atoms with Gasteiger partial charge in [-0.15, -0.1) is 0 Å². The van der Waals surface area contributed by atoms with Gasteiger partial charge in [-0.05, 0) is 70.6 Å². The third-order valence-corrected chi connectivity index (χ3v) is 6.99. The molecule has 8 nitrogen and oxygen atoms in total. The molecule has 0 radical (unpaired) electrons. The summed E-state index contributed by atoms with van der Waals surface area (Å²) in [4.78, 5) is 42.5. The summed E-state index contributed by atoms with van der Waals surface area (Å²) in [7, 11) is -4.76. The smallest absolute Gasteiger partial charge is 0.462 e. The molecular weight excluding hydrogens is 579 g/mol. The quantitative estimate of drug-likeness (QED) is 0.0360. The van der Waals surface area contributed by atoms with Crippen LogP contribution in [0, 0.1) is 0 Å². The molecule has 0 aromatic heterocycles. The Kier molecular flexibility index (Phi) is 29.2. The maximum atomic E-state index is 12.3. The van der Waals surface area contributed by atoms with Crippen molar-refractivity contribution in [2.75, 3.05) is 13.2 Å². The molecule has 9 heteroatoms. The topological polar surface area (TPSA) is 119 Å². The molecule has 0 rings (SSSR count). The molecule has 0 fully saturated rings. The van der Waals surface area contributed by atoms with Gasteiger partial charge in [0.15, 0.2) is 6.10 Å². The Morgan fingerprint density at radius 2 is 1.09 bits per heavy atom. The van der Waals surface area contributed by atoms with E-state index < -0.39 is 32.5 Å². The van der Waals surface area contributed by atoms with Crippen LogP contribution in [-0.4, -0.2) is 41.0 Å². The normalized spacial score (nSPS) is 13.3. The van der Waals surface area contributed by atoms with Crippen molar-refractivity contribution in [1.29, 1.82) is 0 Å². The Bertz CT molecular complexity index is 900. The molecule has 0 aliphatic carbocycles. The van der Waals surface area contributed by atoms with Gasteiger partial charge in [0.25, 0.3) is 0 Å². The fourth-order valence-electron chi connectivity index (χ4n) is 4.07. The molecular formula is C35H59O8P. The van der Waals surface area contributed by atoms with Gasteiger partial charge in [0.1, 0.15) is 6.61 Å². The second-order valence-electron chi connectivity index (χ2n) is 10.7. The Morgan fingerprint density at radius 1 is 0.614 bits per heavy atom. The summed E-state index contributed by atoms with van der Waals surface area (Å²) >= 11 is 0. The lowest BCUT2D eigenvalue weighted by atomic mass is 10.1. The number of esters is 2. The largest absolute Gasteiger partial charge is 0.469 e. The van der Waals surface area contributed by atoms with Gasteiger partial charge in [0.05, 0.1) is 6.61 Å². The third-order valence-electron chi connectivity index (χ3n) is 6.50. The zero-order valence-electron chi connectivity index (χ0n) is 27.3. The summed E-state index contributed by atoms with van der Waals surface area (Å²) in [6, 6.07) is 0. The van der Waals surface area contributed by atoms with Crippen LogP contribution in [-0.2, 0) is 28.2 Å². The molecule has 0 saturated heterocycles. The molecule has 0 spiro atoms. The van der Waals surface area contributed by atoms with Crippen LogP contribution < -0.4 is 0 Å². The Labute approximate surface area is 267 Å². The van der Waals surface area contributed by atoms with Crippen molar-refractivity contribution < 1.29 is 37.9 Å². The van der Waals surface area contributed by atoms with Crippen LogP contribution in [0.3, 0.4) is 0 Å². The van der Waals surface area contributed by atoms with Crippen LogP contribution in [0.25, 0.3) is 0 Å². The van der Waals surface area contributed by atoms with Crippen molar-refractivity contribution in [2.24, 2.45) is 0 Å². The van der Waals surface area contributed by atoms with Crippen LogP contribution >= 0.6 is 7.82 Å². The van der Waals surface area contributed by atoms with E-state index in [0.717, 1.165) is 83.5 Å². The third kappa shape index (κ3) is 32.7. The molecule has 0 aromatic carbocycles. The zero-order chi connectivity index (χ0) is 32.6. The second kappa shape index (κ2) is 30.8. The van der Waals surface area contributed by atoms with Gasteiger partial charge in [-0.2, -0.15) is 0 Å². The van der Waals surface area contributed by atoms with E-state index in [1.165, 1.54) is 6.42 Å². The first kappa shape index (κ1) is 41.8. The highest BCUT2D eigenvalue weighted by Crippen LogP contribution is 2.35. The number of phosphoric ester groups is 1. The summed E-state index contributed by atoms with van der Waals surface area (Å²) in [5.74, 6) is -0.945. The summed E-state index contributed by atoms with van der Waals surface area (Å²) in [6.07, 6.45) is 36.6. The lowest BCUT2D eigenvalue weighted by Crippen LogP contribution is -2.29. The zero-order valence-corrected chi connectivity index (χ0v) is 28.2. The lowest BCUT2D eigenvalue weighted by Gasteiger charge is -2.18. The second-order valence-corrected chi connectivity index (χ2v) is 12.0. The van der Waals surface area contributed by atoms with Gasteiger partial charge in [-0.3, -0.25) is 14.1 Å². The number of carbonyl (C=O) groups excluding carboxylic acids is 2. The first-order valence-corrected chi connectivity index (χ1v) is 18.1. The number of hydrogen-bond acceptors (Lipinski definition) is 6. The summed E-state index contributed by atoms with van der Waals surface area (Å²) in [5, 5.41) is 0. The van der Waals surface area contributed by atoms with E-state index in [4.69, 9.17) is 19.3 Å². The standard InChI is InChI=1S/C35H59O8P/c1-3-5-7-9-11-13-15-17-19-21-23-25-27-29-34(36)41-31-33(32-42-44(38,39)40)43-35(37)30-28-26-24-22-20-18-16-14-12-10-8-6-4-2/h6-9,12-15,18,20,33H,3-5,10-11,16-17,19,21-32H2,1-2H3,(H2,38,39,40)/b8-6-,9-7-,14-12-,15-13-,20-18-. The average molecular weight is 639 g/mol. The van der Waals surface area contributed by atoms with Gasteiger partial charge >= 0.3 is 19.8 Å². The highest BCUT2D eigenvalue weighted by molar-refractivity contribution is 7.46. The van der Waals surface area contributed by atoms with Crippen molar-refractivity contribution in [3.05, 3.63) is 60.8 Å². The van der Waals surface area contributed by atoms with E-state index in [0.29, 0.717) is 12.8 Å². The first-order chi connectivity index (χ1) is 21.3. The summed E-state index contributed by atoms with van der Waals surface area (Å²) in [6.45, 7) is 3.43. The SMILES string of the molecule is CC/C=C\C/C=C\C/C=C\CCCCCC(=O)OC(COC(=O)CCCCCCC/C=C\C/C=C\CCC)COP(=O)(O)O.